The fourth-order valence-electron chi connectivity index (χ4n) is 1.57. The van der Waals surface area contributed by atoms with Crippen LogP contribution < -0.4 is 15.8 Å². The second kappa shape index (κ2) is 6.19. The molecule has 0 unspecified atom stereocenters. The molecule has 0 saturated carbocycles. The summed E-state index contributed by atoms with van der Waals surface area (Å²) >= 11 is 11.6. The van der Waals surface area contributed by atoms with E-state index in [1.54, 1.807) is 0 Å². The maximum Gasteiger partial charge on any atom is 0.387 e. The Morgan fingerprint density at radius 2 is 1.90 bits per heavy atom. The minimum Gasteiger partial charge on any atom is -0.432 e. The van der Waals surface area contributed by atoms with Gasteiger partial charge in [-0.25, -0.2) is 0 Å². The Kier molecular flexibility index (Phi) is 4.54. The summed E-state index contributed by atoms with van der Waals surface area (Å²) in [6.07, 6.45) is 1.45. The van der Waals surface area contributed by atoms with Crippen molar-refractivity contribution in [2.24, 2.45) is 0 Å². The number of nitrogens with two attached hydrogens (primary N) is 1. The summed E-state index contributed by atoms with van der Waals surface area (Å²) in [5.74, 6) is -0.836. The number of aromatic amines is 1. The second-order valence-corrected chi connectivity index (χ2v) is 4.76. The Balaban J connectivity index is 2.20. The molecule has 0 atom stereocenters. The van der Waals surface area contributed by atoms with Crippen LogP contribution in [0.5, 0.6) is 5.75 Å². The van der Waals surface area contributed by atoms with Gasteiger partial charge in [0, 0.05) is 17.6 Å². The third-order valence-electron chi connectivity index (χ3n) is 2.41. The summed E-state index contributed by atoms with van der Waals surface area (Å²) in [5, 5.41) is 2.20. The van der Waals surface area contributed by atoms with Gasteiger partial charge in [-0.05, 0) is 18.2 Å². The Bertz CT molecular complexity index is 653. The maximum absolute atomic E-state index is 12.2. The number of amides is 1. The van der Waals surface area contributed by atoms with Crippen molar-refractivity contribution < 1.29 is 18.3 Å². The number of benzene rings is 1. The molecule has 1 heterocycles. The van der Waals surface area contributed by atoms with E-state index < -0.39 is 12.5 Å². The molecule has 1 amide bonds. The van der Waals surface area contributed by atoms with E-state index >= 15 is 0 Å². The number of nitrogen functional groups attached to an aromatic ring is 1. The highest BCUT2D eigenvalue weighted by molar-refractivity contribution is 6.37. The molecule has 4 N–H and O–H groups in total. The number of rotatable bonds is 4. The largest absolute Gasteiger partial charge is 0.432 e. The Morgan fingerprint density at radius 1 is 1.29 bits per heavy atom. The number of halogens is 4. The minimum absolute atomic E-state index is 0.149. The molecule has 0 spiro atoms. The summed E-state index contributed by atoms with van der Waals surface area (Å²) in [4.78, 5) is 14.5. The van der Waals surface area contributed by atoms with Crippen molar-refractivity contribution in [1.82, 2.24) is 4.98 Å². The van der Waals surface area contributed by atoms with Crippen LogP contribution >= 0.6 is 23.2 Å². The first-order valence-corrected chi connectivity index (χ1v) is 6.31. The van der Waals surface area contributed by atoms with Crippen molar-refractivity contribution in [3.05, 3.63) is 40.1 Å². The lowest BCUT2D eigenvalue weighted by Gasteiger charge is -2.11. The van der Waals surface area contributed by atoms with Crippen molar-refractivity contribution in [3.8, 4) is 5.75 Å². The fraction of sp³-hybridized carbons (Fsp3) is 0.0833. The van der Waals surface area contributed by atoms with E-state index in [9.17, 15) is 13.6 Å². The molecule has 9 heteroatoms. The average molecular weight is 336 g/mol. The summed E-state index contributed by atoms with van der Waals surface area (Å²) < 4.78 is 28.6. The van der Waals surface area contributed by atoms with Crippen LogP contribution in [0, 0.1) is 0 Å². The quantitative estimate of drug-likeness (QED) is 0.795. The monoisotopic (exact) mass is 335 g/mol. The number of hydrogen-bond donors (Lipinski definition) is 3. The first kappa shape index (κ1) is 15.4. The molecule has 1 aromatic heterocycles. The van der Waals surface area contributed by atoms with Crippen LogP contribution in [0.3, 0.4) is 0 Å². The zero-order valence-electron chi connectivity index (χ0n) is 10.3. The van der Waals surface area contributed by atoms with E-state index in [-0.39, 0.29) is 27.2 Å². The summed E-state index contributed by atoms with van der Waals surface area (Å²) in [5.41, 5.74) is 6.34. The summed E-state index contributed by atoms with van der Waals surface area (Å²) in [6, 6.07) is 3.93. The highest BCUT2D eigenvalue weighted by Gasteiger charge is 2.16. The molecule has 0 fully saturated rings. The lowest BCUT2D eigenvalue weighted by molar-refractivity contribution is -0.0497. The minimum atomic E-state index is -3.05. The van der Waals surface area contributed by atoms with Crippen LogP contribution in [0.1, 0.15) is 10.5 Å². The first-order valence-electron chi connectivity index (χ1n) is 5.56. The van der Waals surface area contributed by atoms with Gasteiger partial charge in [0.25, 0.3) is 5.91 Å². The third kappa shape index (κ3) is 3.77. The van der Waals surface area contributed by atoms with Gasteiger partial charge in [0.1, 0.15) is 5.69 Å². The number of hydrogen-bond acceptors (Lipinski definition) is 3. The van der Waals surface area contributed by atoms with Gasteiger partial charge in [0.2, 0.25) is 0 Å². The topological polar surface area (TPSA) is 80.1 Å². The average Bonchev–Trinajstić information content (AvgIpc) is 2.80. The zero-order chi connectivity index (χ0) is 15.6. The number of aromatic nitrogens is 1. The molecule has 5 nitrogen and oxygen atoms in total. The van der Waals surface area contributed by atoms with Crippen molar-refractivity contribution in [1.29, 1.82) is 0 Å². The number of nitrogens with one attached hydrogen (secondary N) is 2. The first-order chi connectivity index (χ1) is 9.86. The van der Waals surface area contributed by atoms with Crippen LogP contribution in [0.2, 0.25) is 10.0 Å². The van der Waals surface area contributed by atoms with E-state index in [1.165, 1.54) is 24.4 Å². The molecule has 112 valence electrons. The molecule has 21 heavy (non-hydrogen) atoms. The fourth-order valence-corrected chi connectivity index (χ4v) is 2.15. The molecule has 0 aliphatic rings. The summed E-state index contributed by atoms with van der Waals surface area (Å²) in [6.45, 7) is -3.05. The molecule has 0 aliphatic carbocycles. The predicted molar refractivity (Wildman–Crippen MR) is 76.3 cm³/mol. The van der Waals surface area contributed by atoms with Crippen LogP contribution in [0.25, 0.3) is 0 Å². The highest BCUT2D eigenvalue weighted by atomic mass is 35.5. The SMILES string of the molecule is Nc1c[nH]c(C(=O)Nc2cc(Cl)c(OC(F)F)c(Cl)c2)c1. The van der Waals surface area contributed by atoms with Crippen LogP contribution in [0.4, 0.5) is 20.2 Å². The van der Waals surface area contributed by atoms with Crippen molar-refractivity contribution in [3.63, 3.8) is 0 Å². The van der Waals surface area contributed by atoms with E-state index in [4.69, 9.17) is 28.9 Å². The standard InChI is InChI=1S/C12H9Cl2F2N3O2/c13-7-2-6(3-8(14)10(7)21-12(15)16)19-11(20)9-1-5(17)4-18-9/h1-4,12,18H,17H2,(H,19,20). The molecular weight excluding hydrogens is 327 g/mol. The van der Waals surface area contributed by atoms with Crippen LogP contribution in [-0.2, 0) is 0 Å². The van der Waals surface area contributed by atoms with Crippen LogP contribution in [0.15, 0.2) is 24.4 Å². The number of carbonyl (C=O) groups is 1. The van der Waals surface area contributed by atoms with Crippen LogP contribution in [-0.4, -0.2) is 17.5 Å². The van der Waals surface area contributed by atoms with Gasteiger partial charge in [-0.3, -0.25) is 4.79 Å². The molecule has 0 radical (unpaired) electrons. The molecule has 2 aromatic rings. The number of alkyl halides is 2. The number of anilines is 2. The van der Waals surface area contributed by atoms with Crippen molar-refractivity contribution in [2.75, 3.05) is 11.1 Å². The molecular formula is C12H9Cl2F2N3O2. The normalized spacial score (nSPS) is 10.7. The zero-order valence-corrected chi connectivity index (χ0v) is 11.8. The molecule has 0 bridgehead atoms. The molecule has 0 saturated heterocycles. The second-order valence-electron chi connectivity index (χ2n) is 3.95. The molecule has 0 aliphatic heterocycles. The van der Waals surface area contributed by atoms with Crippen molar-refractivity contribution in [2.45, 2.75) is 6.61 Å². The number of H-pyrrole nitrogens is 1. The Morgan fingerprint density at radius 3 is 2.38 bits per heavy atom. The number of ether oxygens (including phenoxy) is 1. The molecule has 1 aromatic carbocycles. The van der Waals surface area contributed by atoms with E-state index in [1.807, 2.05) is 0 Å². The van der Waals surface area contributed by atoms with Gasteiger partial charge in [-0.15, -0.1) is 0 Å². The van der Waals surface area contributed by atoms with Gasteiger partial charge in [0.05, 0.1) is 10.0 Å². The van der Waals surface area contributed by atoms with E-state index in [0.29, 0.717) is 5.69 Å². The highest BCUT2D eigenvalue weighted by Crippen LogP contribution is 2.37. The molecule has 2 rings (SSSR count). The van der Waals surface area contributed by atoms with Gasteiger partial charge >= 0.3 is 6.61 Å². The van der Waals surface area contributed by atoms with Gasteiger partial charge in [-0.2, -0.15) is 8.78 Å². The van der Waals surface area contributed by atoms with Crippen molar-refractivity contribution >= 4 is 40.5 Å². The smallest absolute Gasteiger partial charge is 0.387 e. The lowest BCUT2D eigenvalue weighted by Crippen LogP contribution is -2.12. The lowest BCUT2D eigenvalue weighted by atomic mass is 10.3. The van der Waals surface area contributed by atoms with Gasteiger partial charge in [0.15, 0.2) is 5.75 Å². The number of carbonyl (C=O) groups excluding carboxylic acids is 1. The van der Waals surface area contributed by atoms with Gasteiger partial charge in [-0.1, -0.05) is 23.2 Å². The van der Waals surface area contributed by atoms with Gasteiger partial charge < -0.3 is 20.8 Å². The third-order valence-corrected chi connectivity index (χ3v) is 2.97. The Hall–Kier alpha value is -1.99. The summed E-state index contributed by atoms with van der Waals surface area (Å²) in [7, 11) is 0. The van der Waals surface area contributed by atoms with E-state index in [0.717, 1.165) is 0 Å². The Labute approximate surface area is 128 Å². The maximum atomic E-state index is 12.2. The van der Waals surface area contributed by atoms with E-state index in [2.05, 4.69) is 15.0 Å². The predicted octanol–water partition coefficient (Wildman–Crippen LogP) is 3.76.